The van der Waals surface area contributed by atoms with Crippen molar-refractivity contribution in [3.05, 3.63) is 15.6 Å². The number of rotatable bonds is 5. The number of thiazole rings is 1. The first kappa shape index (κ1) is 13.4. The largest absolute Gasteiger partial charge is 0.309 e. The minimum atomic E-state index is 0.325. The topological polar surface area (TPSA) is 24.9 Å². The van der Waals surface area contributed by atoms with Crippen molar-refractivity contribution < 1.29 is 0 Å². The van der Waals surface area contributed by atoms with E-state index >= 15 is 0 Å². The van der Waals surface area contributed by atoms with Crippen LogP contribution < -0.4 is 5.32 Å². The van der Waals surface area contributed by atoms with Gasteiger partial charge in [0, 0.05) is 28.0 Å². The minimum Gasteiger partial charge on any atom is -0.309 e. The molecule has 0 atom stereocenters. The molecule has 1 N–H and O–H groups in total. The van der Waals surface area contributed by atoms with Crippen molar-refractivity contribution >= 4 is 23.1 Å². The van der Waals surface area contributed by atoms with E-state index in [1.807, 2.05) is 23.1 Å². The summed E-state index contributed by atoms with van der Waals surface area (Å²) in [4.78, 5) is 6.09. The number of hydrogen-bond acceptors (Lipinski definition) is 4. The summed E-state index contributed by atoms with van der Waals surface area (Å²) in [7, 11) is 0. The summed E-state index contributed by atoms with van der Waals surface area (Å²) in [6, 6.07) is 0.781. The van der Waals surface area contributed by atoms with Crippen LogP contribution in [0.2, 0.25) is 0 Å². The molecule has 0 saturated heterocycles. The van der Waals surface area contributed by atoms with Gasteiger partial charge in [-0.2, -0.15) is 0 Å². The molecule has 1 aliphatic rings. The Morgan fingerprint density at radius 3 is 2.71 bits per heavy atom. The van der Waals surface area contributed by atoms with Gasteiger partial charge in [0.1, 0.15) is 5.01 Å². The van der Waals surface area contributed by atoms with Crippen LogP contribution in [0.25, 0.3) is 0 Å². The van der Waals surface area contributed by atoms with Gasteiger partial charge in [0.25, 0.3) is 0 Å². The van der Waals surface area contributed by atoms with Crippen LogP contribution >= 0.6 is 23.1 Å². The lowest BCUT2D eigenvalue weighted by Crippen LogP contribution is -2.14. The number of aromatic nitrogens is 1. The first-order valence-electron chi connectivity index (χ1n) is 6.26. The van der Waals surface area contributed by atoms with E-state index in [0.717, 1.165) is 18.3 Å². The van der Waals surface area contributed by atoms with Crippen LogP contribution in [0.5, 0.6) is 0 Å². The lowest BCUT2D eigenvalue weighted by atomic mass is 10.3. The molecule has 96 valence electrons. The summed E-state index contributed by atoms with van der Waals surface area (Å²) in [5, 5.41) is 4.84. The van der Waals surface area contributed by atoms with Gasteiger partial charge in [-0.05, 0) is 19.8 Å². The van der Waals surface area contributed by atoms with Crippen molar-refractivity contribution in [1.29, 1.82) is 0 Å². The van der Waals surface area contributed by atoms with E-state index in [9.17, 15) is 0 Å². The number of nitrogens with zero attached hydrogens (tertiary/aromatic N) is 1. The van der Waals surface area contributed by atoms with Crippen molar-refractivity contribution in [1.82, 2.24) is 10.3 Å². The fourth-order valence-corrected chi connectivity index (χ4v) is 3.37. The maximum Gasteiger partial charge on any atom is 0.103 e. The second-order valence-electron chi connectivity index (χ2n) is 5.67. The van der Waals surface area contributed by atoms with Crippen molar-refractivity contribution in [2.45, 2.75) is 63.6 Å². The van der Waals surface area contributed by atoms with E-state index in [-0.39, 0.29) is 0 Å². The number of nitrogens with one attached hydrogen (secondary N) is 1. The smallest absolute Gasteiger partial charge is 0.103 e. The first-order valence-corrected chi connectivity index (χ1v) is 8.07. The molecule has 1 heterocycles. The Morgan fingerprint density at radius 2 is 2.12 bits per heavy atom. The second kappa shape index (κ2) is 5.29. The molecule has 0 aromatic carbocycles. The number of thioether (sulfide) groups is 1. The lowest BCUT2D eigenvalue weighted by molar-refractivity contribution is 0.691. The molecular formula is C13H22N2S2. The van der Waals surface area contributed by atoms with Gasteiger partial charge < -0.3 is 5.32 Å². The molecule has 4 heteroatoms. The highest BCUT2D eigenvalue weighted by Gasteiger charge is 2.21. The maximum absolute atomic E-state index is 4.67. The molecule has 1 aliphatic carbocycles. The molecule has 17 heavy (non-hydrogen) atoms. The third-order valence-electron chi connectivity index (χ3n) is 2.69. The highest BCUT2D eigenvalue weighted by atomic mass is 32.2. The molecule has 0 radical (unpaired) electrons. The summed E-state index contributed by atoms with van der Waals surface area (Å²) >= 11 is 3.85. The molecule has 2 nitrogen and oxygen atoms in total. The van der Waals surface area contributed by atoms with Gasteiger partial charge in [-0.15, -0.1) is 23.1 Å². The van der Waals surface area contributed by atoms with E-state index in [2.05, 4.69) is 38.0 Å². The molecule has 0 amide bonds. The zero-order valence-corrected chi connectivity index (χ0v) is 12.8. The molecule has 1 fully saturated rings. The van der Waals surface area contributed by atoms with Gasteiger partial charge in [0.05, 0.1) is 5.69 Å². The highest BCUT2D eigenvalue weighted by molar-refractivity contribution is 7.99. The molecule has 0 spiro atoms. The lowest BCUT2D eigenvalue weighted by Gasteiger charge is -2.16. The third-order valence-corrected chi connectivity index (χ3v) is 5.32. The second-order valence-corrected chi connectivity index (χ2v) is 8.64. The monoisotopic (exact) mass is 270 g/mol. The Balaban J connectivity index is 1.87. The van der Waals surface area contributed by atoms with Crippen LogP contribution in [0.1, 0.15) is 49.2 Å². The van der Waals surface area contributed by atoms with Crippen LogP contribution in [0, 0.1) is 6.92 Å². The van der Waals surface area contributed by atoms with Gasteiger partial charge in [0.2, 0.25) is 0 Å². The van der Waals surface area contributed by atoms with Crippen molar-refractivity contribution in [3.63, 3.8) is 0 Å². The van der Waals surface area contributed by atoms with Gasteiger partial charge in [-0.25, -0.2) is 4.98 Å². The van der Waals surface area contributed by atoms with Crippen LogP contribution in [-0.2, 0) is 12.3 Å². The number of aryl methyl sites for hydroxylation is 1. The quantitative estimate of drug-likeness (QED) is 0.882. The predicted octanol–water partition coefficient (Wildman–Crippen LogP) is 3.74. The summed E-state index contributed by atoms with van der Waals surface area (Å²) in [5.41, 5.74) is 1.22. The average Bonchev–Trinajstić information content (AvgIpc) is 2.97. The summed E-state index contributed by atoms with van der Waals surface area (Å²) < 4.78 is 0.325. The summed E-state index contributed by atoms with van der Waals surface area (Å²) in [5.74, 6) is 1.04. The van der Waals surface area contributed by atoms with Crippen LogP contribution in [0.3, 0.4) is 0 Å². The zero-order chi connectivity index (χ0) is 12.5. The van der Waals surface area contributed by atoms with Crippen molar-refractivity contribution in [2.75, 3.05) is 0 Å². The van der Waals surface area contributed by atoms with Crippen LogP contribution in [0.4, 0.5) is 0 Å². The van der Waals surface area contributed by atoms with Gasteiger partial charge in [-0.3, -0.25) is 0 Å². The molecular weight excluding hydrogens is 248 g/mol. The molecule has 0 unspecified atom stereocenters. The normalized spacial score (nSPS) is 16.5. The molecule has 0 bridgehead atoms. The average molecular weight is 270 g/mol. The fraction of sp³-hybridized carbons (Fsp3) is 0.769. The molecule has 1 saturated carbocycles. The maximum atomic E-state index is 4.67. The fourth-order valence-electron chi connectivity index (χ4n) is 1.52. The van der Waals surface area contributed by atoms with Crippen molar-refractivity contribution in [3.8, 4) is 0 Å². The van der Waals surface area contributed by atoms with Crippen LogP contribution in [0.15, 0.2) is 0 Å². The van der Waals surface area contributed by atoms with Gasteiger partial charge >= 0.3 is 0 Å². The Kier molecular flexibility index (Phi) is 4.16. The molecule has 1 aromatic rings. The third kappa shape index (κ3) is 4.60. The first-order chi connectivity index (χ1) is 7.94. The highest BCUT2D eigenvalue weighted by Crippen LogP contribution is 2.30. The SMILES string of the molecule is Cc1nc(CSC(C)(C)C)sc1CNC1CC1. The Hall–Kier alpha value is -0.0600. The predicted molar refractivity (Wildman–Crippen MR) is 77.8 cm³/mol. The van der Waals surface area contributed by atoms with E-state index in [1.165, 1.54) is 28.4 Å². The Labute approximate surface area is 113 Å². The van der Waals surface area contributed by atoms with E-state index in [0.29, 0.717) is 4.75 Å². The summed E-state index contributed by atoms with van der Waals surface area (Å²) in [6.45, 7) is 9.91. The van der Waals surface area contributed by atoms with E-state index in [4.69, 9.17) is 0 Å². The number of hydrogen-bond donors (Lipinski definition) is 1. The summed E-state index contributed by atoms with van der Waals surface area (Å²) in [6.07, 6.45) is 2.70. The molecule has 1 aromatic heterocycles. The zero-order valence-electron chi connectivity index (χ0n) is 11.2. The van der Waals surface area contributed by atoms with Gasteiger partial charge in [-0.1, -0.05) is 20.8 Å². The van der Waals surface area contributed by atoms with Crippen molar-refractivity contribution in [2.24, 2.45) is 0 Å². The van der Waals surface area contributed by atoms with E-state index in [1.54, 1.807) is 0 Å². The Bertz CT molecular complexity index is 375. The van der Waals surface area contributed by atoms with E-state index < -0.39 is 0 Å². The minimum absolute atomic E-state index is 0.325. The van der Waals surface area contributed by atoms with Crippen LogP contribution in [-0.4, -0.2) is 15.8 Å². The molecule has 0 aliphatic heterocycles. The molecule has 2 rings (SSSR count). The Morgan fingerprint density at radius 1 is 1.41 bits per heavy atom. The van der Waals surface area contributed by atoms with Gasteiger partial charge in [0.15, 0.2) is 0 Å². The standard InChI is InChI=1S/C13H22N2S2/c1-9-11(7-14-10-5-6-10)17-12(15-9)8-16-13(2,3)4/h10,14H,5-8H2,1-4H3.